The summed E-state index contributed by atoms with van der Waals surface area (Å²) in [6.45, 7) is 2.13. The molecule has 0 spiro atoms. The fourth-order valence-electron chi connectivity index (χ4n) is 1.65. The Morgan fingerprint density at radius 3 is 2.63 bits per heavy atom. The van der Waals surface area contributed by atoms with Crippen molar-refractivity contribution in [3.05, 3.63) is 35.4 Å². The fourth-order valence-corrected chi connectivity index (χ4v) is 1.65. The molecule has 0 atom stereocenters. The minimum Gasteiger partial charge on any atom is -0.493 e. The van der Waals surface area contributed by atoms with Gasteiger partial charge in [-0.1, -0.05) is 6.07 Å². The van der Waals surface area contributed by atoms with Crippen molar-refractivity contribution in [3.63, 3.8) is 0 Å². The molecular formula is C13H17N3O3. The smallest absolute Gasteiger partial charge is 0.170 e. The molecule has 0 fully saturated rings. The Hall–Kier alpha value is -2.08. The van der Waals surface area contributed by atoms with E-state index >= 15 is 0 Å². The van der Waals surface area contributed by atoms with Gasteiger partial charge < -0.3 is 19.1 Å². The third-order valence-corrected chi connectivity index (χ3v) is 2.95. The van der Waals surface area contributed by atoms with Gasteiger partial charge in [0.15, 0.2) is 17.3 Å². The van der Waals surface area contributed by atoms with Gasteiger partial charge in [-0.15, -0.1) is 10.2 Å². The van der Waals surface area contributed by atoms with Gasteiger partial charge in [0.1, 0.15) is 12.4 Å². The third kappa shape index (κ3) is 2.85. The van der Waals surface area contributed by atoms with E-state index in [0.717, 1.165) is 17.2 Å². The number of ether oxygens (including phenoxy) is 2. The Morgan fingerprint density at radius 2 is 2.05 bits per heavy atom. The second-order valence-electron chi connectivity index (χ2n) is 4.15. The van der Waals surface area contributed by atoms with Gasteiger partial charge in [-0.2, -0.15) is 0 Å². The number of aliphatic hydroxyl groups is 1. The number of hydrogen-bond donors (Lipinski definition) is 1. The van der Waals surface area contributed by atoms with Gasteiger partial charge >= 0.3 is 0 Å². The van der Waals surface area contributed by atoms with Gasteiger partial charge in [0.05, 0.1) is 13.7 Å². The first-order valence-corrected chi connectivity index (χ1v) is 5.91. The minimum atomic E-state index is -0.0383. The van der Waals surface area contributed by atoms with Crippen LogP contribution < -0.4 is 9.47 Å². The third-order valence-electron chi connectivity index (χ3n) is 2.95. The first kappa shape index (κ1) is 13.4. The van der Waals surface area contributed by atoms with Crippen LogP contribution in [0.3, 0.4) is 0 Å². The molecule has 2 rings (SSSR count). The lowest BCUT2D eigenvalue weighted by atomic mass is 10.2. The first-order valence-electron chi connectivity index (χ1n) is 5.91. The zero-order valence-corrected chi connectivity index (χ0v) is 11.3. The number of methoxy groups -OCH3 is 1. The summed E-state index contributed by atoms with van der Waals surface area (Å²) in [5, 5.41) is 17.1. The molecule has 1 aromatic heterocycles. The molecule has 1 N–H and O–H groups in total. The number of aryl methyl sites for hydroxylation is 1. The first-order chi connectivity index (χ1) is 9.15. The molecule has 102 valence electrons. The van der Waals surface area contributed by atoms with E-state index in [0.29, 0.717) is 18.1 Å². The Morgan fingerprint density at radius 1 is 1.26 bits per heavy atom. The van der Waals surface area contributed by atoms with Gasteiger partial charge in [0.25, 0.3) is 0 Å². The van der Waals surface area contributed by atoms with E-state index < -0.39 is 0 Å². The zero-order chi connectivity index (χ0) is 13.8. The van der Waals surface area contributed by atoms with Gasteiger partial charge in [-0.05, 0) is 24.6 Å². The average Bonchev–Trinajstić information content (AvgIpc) is 2.76. The highest BCUT2D eigenvalue weighted by atomic mass is 16.5. The van der Waals surface area contributed by atoms with Crippen LogP contribution in [0.1, 0.15) is 17.2 Å². The van der Waals surface area contributed by atoms with Crippen molar-refractivity contribution in [2.24, 2.45) is 7.05 Å². The number of aliphatic hydroxyl groups excluding tert-OH is 1. The molecule has 0 aliphatic carbocycles. The molecule has 0 saturated heterocycles. The van der Waals surface area contributed by atoms with Crippen molar-refractivity contribution in [2.45, 2.75) is 20.1 Å². The van der Waals surface area contributed by atoms with Crippen LogP contribution in [0.15, 0.2) is 18.2 Å². The highest BCUT2D eigenvalue weighted by Gasteiger charge is 2.09. The molecule has 6 heteroatoms. The van der Waals surface area contributed by atoms with Gasteiger partial charge in [0, 0.05) is 7.05 Å². The van der Waals surface area contributed by atoms with Crippen LogP contribution in [0.4, 0.5) is 0 Å². The lowest BCUT2D eigenvalue weighted by Crippen LogP contribution is -2.05. The van der Waals surface area contributed by atoms with Crippen molar-refractivity contribution in [1.29, 1.82) is 0 Å². The van der Waals surface area contributed by atoms with Crippen molar-refractivity contribution in [3.8, 4) is 11.5 Å². The molecule has 19 heavy (non-hydrogen) atoms. The highest BCUT2D eigenvalue weighted by molar-refractivity contribution is 5.42. The SMILES string of the molecule is COc1ccc(CO)cc1OCc1nnc(C)n1C. The van der Waals surface area contributed by atoms with Crippen molar-refractivity contribution >= 4 is 0 Å². The largest absolute Gasteiger partial charge is 0.493 e. The van der Waals surface area contributed by atoms with Gasteiger partial charge in [-0.3, -0.25) is 0 Å². The highest BCUT2D eigenvalue weighted by Crippen LogP contribution is 2.28. The number of benzene rings is 1. The predicted octanol–water partition coefficient (Wildman–Crippen LogP) is 1.20. The van der Waals surface area contributed by atoms with Crippen LogP contribution in [0.25, 0.3) is 0 Å². The van der Waals surface area contributed by atoms with Crippen LogP contribution in [0, 0.1) is 6.92 Å². The molecule has 0 aliphatic rings. The van der Waals surface area contributed by atoms with E-state index in [1.165, 1.54) is 0 Å². The standard InChI is InChI=1S/C13H17N3O3/c1-9-14-15-13(16(9)2)8-19-12-6-10(7-17)4-5-11(12)18-3/h4-6,17H,7-8H2,1-3H3. The lowest BCUT2D eigenvalue weighted by Gasteiger charge is -2.11. The number of hydrogen-bond acceptors (Lipinski definition) is 5. The maximum atomic E-state index is 9.14. The zero-order valence-electron chi connectivity index (χ0n) is 11.3. The van der Waals surface area contributed by atoms with E-state index in [-0.39, 0.29) is 6.61 Å². The van der Waals surface area contributed by atoms with Crippen molar-refractivity contribution in [1.82, 2.24) is 14.8 Å². The summed E-state index contributed by atoms with van der Waals surface area (Å²) in [6.07, 6.45) is 0. The molecule has 0 saturated carbocycles. The second kappa shape index (κ2) is 5.71. The van der Waals surface area contributed by atoms with Gasteiger partial charge in [0.2, 0.25) is 0 Å². The predicted molar refractivity (Wildman–Crippen MR) is 69.0 cm³/mol. The maximum Gasteiger partial charge on any atom is 0.170 e. The Labute approximate surface area is 111 Å². The molecule has 0 radical (unpaired) electrons. The molecule has 0 unspecified atom stereocenters. The molecule has 0 bridgehead atoms. The maximum absolute atomic E-state index is 9.14. The minimum absolute atomic E-state index is 0.0383. The summed E-state index contributed by atoms with van der Waals surface area (Å²) in [7, 11) is 3.46. The average molecular weight is 263 g/mol. The molecule has 1 heterocycles. The van der Waals surface area contributed by atoms with E-state index in [9.17, 15) is 0 Å². The van der Waals surface area contributed by atoms with Crippen molar-refractivity contribution < 1.29 is 14.6 Å². The topological polar surface area (TPSA) is 69.4 Å². The summed E-state index contributed by atoms with van der Waals surface area (Å²) < 4.78 is 12.8. The Balaban J connectivity index is 2.16. The summed E-state index contributed by atoms with van der Waals surface area (Å²) in [5.74, 6) is 2.76. The van der Waals surface area contributed by atoms with Crippen LogP contribution in [-0.4, -0.2) is 27.0 Å². The number of nitrogens with zero attached hydrogens (tertiary/aromatic N) is 3. The molecule has 6 nitrogen and oxygen atoms in total. The van der Waals surface area contributed by atoms with Crippen LogP contribution >= 0.6 is 0 Å². The fraction of sp³-hybridized carbons (Fsp3) is 0.385. The van der Waals surface area contributed by atoms with Crippen LogP contribution in [-0.2, 0) is 20.3 Å². The Bertz CT molecular complexity index is 566. The Kier molecular flexibility index (Phi) is 4.01. The van der Waals surface area contributed by atoms with Crippen LogP contribution in [0.2, 0.25) is 0 Å². The van der Waals surface area contributed by atoms with Gasteiger partial charge in [-0.25, -0.2) is 0 Å². The summed E-state index contributed by atoms with van der Waals surface area (Å²) in [6, 6.07) is 5.31. The lowest BCUT2D eigenvalue weighted by molar-refractivity contribution is 0.265. The molecule has 0 amide bonds. The monoisotopic (exact) mass is 263 g/mol. The molecule has 1 aromatic carbocycles. The van der Waals surface area contributed by atoms with Crippen LogP contribution in [0.5, 0.6) is 11.5 Å². The number of aromatic nitrogens is 3. The van der Waals surface area contributed by atoms with Crippen molar-refractivity contribution in [2.75, 3.05) is 7.11 Å². The normalized spacial score (nSPS) is 10.5. The van der Waals surface area contributed by atoms with E-state index in [4.69, 9.17) is 14.6 Å². The molecule has 0 aliphatic heterocycles. The summed E-state index contributed by atoms with van der Waals surface area (Å²) in [4.78, 5) is 0. The molecule has 2 aromatic rings. The second-order valence-corrected chi connectivity index (χ2v) is 4.15. The summed E-state index contributed by atoms with van der Waals surface area (Å²) in [5.41, 5.74) is 0.768. The van der Waals surface area contributed by atoms with E-state index in [2.05, 4.69) is 10.2 Å². The quantitative estimate of drug-likeness (QED) is 0.878. The summed E-state index contributed by atoms with van der Waals surface area (Å²) >= 11 is 0. The molecular weight excluding hydrogens is 246 g/mol. The van der Waals surface area contributed by atoms with E-state index in [1.54, 1.807) is 25.3 Å². The number of rotatable bonds is 5. The van der Waals surface area contributed by atoms with E-state index in [1.807, 2.05) is 18.5 Å².